The van der Waals surface area contributed by atoms with Gasteiger partial charge in [-0.15, -0.1) is 0 Å². The van der Waals surface area contributed by atoms with Crippen molar-refractivity contribution in [3.05, 3.63) is 22.2 Å². The molecule has 0 aliphatic carbocycles. The third kappa shape index (κ3) is 3.89. The van der Waals surface area contributed by atoms with Gasteiger partial charge in [0.25, 0.3) is 0 Å². The topological polar surface area (TPSA) is 30.5 Å². The Morgan fingerprint density at radius 3 is 2.65 bits per heavy atom. The van der Waals surface area contributed by atoms with Crippen molar-refractivity contribution in [1.82, 2.24) is 5.32 Å². The lowest BCUT2D eigenvalue weighted by Crippen LogP contribution is -2.12. The Kier molecular flexibility index (Phi) is 5.78. The summed E-state index contributed by atoms with van der Waals surface area (Å²) >= 11 is 3.53. The molecule has 0 heterocycles. The third-order valence-corrected chi connectivity index (χ3v) is 3.15. The molecule has 17 heavy (non-hydrogen) atoms. The van der Waals surface area contributed by atoms with E-state index in [1.807, 2.05) is 20.0 Å². The summed E-state index contributed by atoms with van der Waals surface area (Å²) in [4.78, 5) is 0. The first-order valence-electron chi connectivity index (χ1n) is 5.80. The van der Waals surface area contributed by atoms with Crippen LogP contribution in [0.4, 0.5) is 0 Å². The van der Waals surface area contributed by atoms with E-state index >= 15 is 0 Å². The van der Waals surface area contributed by atoms with Gasteiger partial charge in [0.1, 0.15) is 0 Å². The van der Waals surface area contributed by atoms with Crippen LogP contribution >= 0.6 is 15.9 Å². The summed E-state index contributed by atoms with van der Waals surface area (Å²) in [5.41, 5.74) is 1.16. The predicted octanol–water partition coefficient (Wildman–Crippen LogP) is 3.35. The second-order valence-electron chi connectivity index (χ2n) is 3.98. The predicted molar refractivity (Wildman–Crippen MR) is 73.8 cm³/mol. The number of hydrogen-bond acceptors (Lipinski definition) is 3. The first-order valence-corrected chi connectivity index (χ1v) is 6.59. The highest BCUT2D eigenvalue weighted by Crippen LogP contribution is 2.37. The van der Waals surface area contributed by atoms with Gasteiger partial charge in [-0.05, 0) is 54.0 Å². The quantitative estimate of drug-likeness (QED) is 0.874. The number of methoxy groups -OCH3 is 1. The van der Waals surface area contributed by atoms with Crippen LogP contribution in [0.3, 0.4) is 0 Å². The molecule has 1 N–H and O–H groups in total. The molecular weight excluding hydrogens is 282 g/mol. The zero-order chi connectivity index (χ0) is 12.8. The Morgan fingerprint density at radius 1 is 1.41 bits per heavy atom. The van der Waals surface area contributed by atoms with E-state index in [1.54, 1.807) is 7.11 Å². The molecule has 0 saturated heterocycles. The molecule has 0 aliphatic rings. The van der Waals surface area contributed by atoms with Crippen molar-refractivity contribution in [2.75, 3.05) is 14.2 Å². The van der Waals surface area contributed by atoms with E-state index in [2.05, 4.69) is 34.2 Å². The number of nitrogens with one attached hydrogen (secondary N) is 1. The van der Waals surface area contributed by atoms with E-state index in [-0.39, 0.29) is 6.10 Å². The van der Waals surface area contributed by atoms with Crippen LogP contribution in [0.15, 0.2) is 16.6 Å². The highest BCUT2D eigenvalue weighted by atomic mass is 79.9. The van der Waals surface area contributed by atoms with Crippen LogP contribution in [0, 0.1) is 0 Å². The first kappa shape index (κ1) is 14.3. The molecule has 3 nitrogen and oxygen atoms in total. The van der Waals surface area contributed by atoms with Gasteiger partial charge in [-0.2, -0.15) is 0 Å². The van der Waals surface area contributed by atoms with Gasteiger partial charge in [-0.25, -0.2) is 0 Å². The summed E-state index contributed by atoms with van der Waals surface area (Å²) < 4.78 is 12.2. The molecule has 0 fully saturated rings. The summed E-state index contributed by atoms with van der Waals surface area (Å²) in [7, 11) is 3.58. The monoisotopic (exact) mass is 301 g/mol. The van der Waals surface area contributed by atoms with Gasteiger partial charge in [0, 0.05) is 6.54 Å². The Bertz CT molecular complexity index is 369. The molecule has 0 aliphatic heterocycles. The average molecular weight is 302 g/mol. The molecule has 1 atom stereocenters. The molecule has 0 spiro atoms. The SMILES string of the molecule is CCC(C)Oc1c(Br)cc(CNC)cc1OC. The fraction of sp³-hybridized carbons (Fsp3) is 0.538. The summed E-state index contributed by atoms with van der Waals surface area (Å²) in [5, 5.41) is 3.12. The number of benzene rings is 1. The maximum atomic E-state index is 5.86. The van der Waals surface area contributed by atoms with Crippen molar-refractivity contribution < 1.29 is 9.47 Å². The van der Waals surface area contributed by atoms with Gasteiger partial charge in [0.05, 0.1) is 17.7 Å². The zero-order valence-electron chi connectivity index (χ0n) is 10.8. The molecule has 0 bridgehead atoms. The van der Waals surface area contributed by atoms with Crippen LogP contribution in [0.2, 0.25) is 0 Å². The summed E-state index contributed by atoms with van der Waals surface area (Å²) in [6.07, 6.45) is 1.14. The van der Waals surface area contributed by atoms with Crippen LogP contribution in [-0.4, -0.2) is 20.3 Å². The van der Waals surface area contributed by atoms with Crippen molar-refractivity contribution >= 4 is 15.9 Å². The Balaban J connectivity index is 3.03. The van der Waals surface area contributed by atoms with E-state index in [4.69, 9.17) is 9.47 Å². The maximum Gasteiger partial charge on any atom is 0.175 e. The molecule has 1 aromatic rings. The minimum atomic E-state index is 0.176. The van der Waals surface area contributed by atoms with Gasteiger partial charge in [-0.3, -0.25) is 0 Å². The van der Waals surface area contributed by atoms with Gasteiger partial charge in [-0.1, -0.05) is 6.92 Å². The van der Waals surface area contributed by atoms with Crippen molar-refractivity contribution in [2.45, 2.75) is 32.9 Å². The maximum absolute atomic E-state index is 5.86. The summed E-state index contributed by atoms with van der Waals surface area (Å²) in [6, 6.07) is 4.05. The van der Waals surface area contributed by atoms with E-state index in [1.165, 1.54) is 0 Å². The molecule has 4 heteroatoms. The van der Waals surface area contributed by atoms with Crippen molar-refractivity contribution in [2.24, 2.45) is 0 Å². The van der Waals surface area contributed by atoms with Crippen LogP contribution in [0.5, 0.6) is 11.5 Å². The van der Waals surface area contributed by atoms with Crippen molar-refractivity contribution in [3.8, 4) is 11.5 Å². The Morgan fingerprint density at radius 2 is 2.12 bits per heavy atom. The molecule has 1 rings (SSSR count). The van der Waals surface area contributed by atoms with Crippen molar-refractivity contribution in [1.29, 1.82) is 0 Å². The average Bonchev–Trinajstić information content (AvgIpc) is 2.32. The van der Waals surface area contributed by atoms with Crippen LogP contribution in [0.1, 0.15) is 25.8 Å². The number of halogens is 1. The standard InChI is InChI=1S/C13H20BrNO2/c1-5-9(2)17-13-11(14)6-10(8-15-3)7-12(13)16-4/h6-7,9,15H,5,8H2,1-4H3. The smallest absolute Gasteiger partial charge is 0.175 e. The van der Waals surface area contributed by atoms with Crippen LogP contribution in [0.25, 0.3) is 0 Å². The first-order chi connectivity index (χ1) is 8.12. The minimum Gasteiger partial charge on any atom is -0.493 e. The molecule has 0 aromatic heterocycles. The van der Waals surface area contributed by atoms with E-state index < -0.39 is 0 Å². The highest BCUT2D eigenvalue weighted by Gasteiger charge is 2.13. The molecule has 1 aromatic carbocycles. The van der Waals surface area contributed by atoms with Crippen LogP contribution in [-0.2, 0) is 6.54 Å². The second kappa shape index (κ2) is 6.87. The lowest BCUT2D eigenvalue weighted by Gasteiger charge is -2.18. The highest BCUT2D eigenvalue weighted by molar-refractivity contribution is 9.10. The summed E-state index contributed by atoms with van der Waals surface area (Å²) in [6.45, 7) is 4.95. The largest absolute Gasteiger partial charge is 0.493 e. The van der Waals surface area contributed by atoms with Crippen LogP contribution < -0.4 is 14.8 Å². The van der Waals surface area contributed by atoms with E-state index in [0.717, 1.165) is 34.5 Å². The lowest BCUT2D eigenvalue weighted by molar-refractivity contribution is 0.206. The number of rotatable bonds is 6. The van der Waals surface area contributed by atoms with Gasteiger partial charge in [0.15, 0.2) is 11.5 Å². The molecular formula is C13H20BrNO2. The molecule has 96 valence electrons. The van der Waals surface area contributed by atoms with E-state index in [9.17, 15) is 0 Å². The minimum absolute atomic E-state index is 0.176. The molecule has 0 saturated carbocycles. The van der Waals surface area contributed by atoms with Gasteiger partial charge in [0.2, 0.25) is 0 Å². The van der Waals surface area contributed by atoms with E-state index in [0.29, 0.717) is 0 Å². The number of hydrogen-bond donors (Lipinski definition) is 1. The third-order valence-electron chi connectivity index (χ3n) is 2.56. The Hall–Kier alpha value is -0.740. The second-order valence-corrected chi connectivity index (χ2v) is 4.83. The molecule has 0 radical (unpaired) electrons. The summed E-state index contributed by atoms with van der Waals surface area (Å²) in [5.74, 6) is 1.55. The lowest BCUT2D eigenvalue weighted by atomic mass is 10.2. The molecule has 0 amide bonds. The fourth-order valence-corrected chi connectivity index (χ4v) is 2.06. The normalized spacial score (nSPS) is 12.3. The van der Waals surface area contributed by atoms with Gasteiger partial charge >= 0.3 is 0 Å². The van der Waals surface area contributed by atoms with Gasteiger partial charge < -0.3 is 14.8 Å². The Labute approximate surface area is 112 Å². The molecule has 1 unspecified atom stereocenters. The number of ether oxygens (including phenoxy) is 2. The zero-order valence-corrected chi connectivity index (χ0v) is 12.4. The van der Waals surface area contributed by atoms with Crippen molar-refractivity contribution in [3.63, 3.8) is 0 Å². The fourth-order valence-electron chi connectivity index (χ4n) is 1.48.